The Morgan fingerprint density at radius 3 is 2.64 bits per heavy atom. The molecule has 0 unspecified atom stereocenters. The minimum atomic E-state index is 0.513. The number of pyridine rings is 1. The molecule has 0 aromatic carbocycles. The second kappa shape index (κ2) is 6.66. The molecule has 3 heteroatoms. The molecular formula is C19H27N3. The Kier molecular flexibility index (Phi) is 4.63. The number of aromatic nitrogens is 2. The summed E-state index contributed by atoms with van der Waals surface area (Å²) in [7, 11) is 0. The predicted molar refractivity (Wildman–Crippen MR) is 91.5 cm³/mol. The molecular weight excluding hydrogens is 270 g/mol. The molecule has 3 nitrogen and oxygen atoms in total. The van der Waals surface area contributed by atoms with Crippen molar-refractivity contribution >= 4 is 0 Å². The third-order valence-electron chi connectivity index (χ3n) is 4.78. The number of nitrogens with zero attached hydrogens (tertiary/aromatic N) is 3. The fourth-order valence-corrected chi connectivity index (χ4v) is 3.76. The number of rotatable bonds is 4. The summed E-state index contributed by atoms with van der Waals surface area (Å²) in [6.45, 7) is 9.00. The lowest BCUT2D eigenvalue weighted by Gasteiger charge is -2.36. The van der Waals surface area contributed by atoms with Crippen LogP contribution < -0.4 is 0 Å². The van der Waals surface area contributed by atoms with Crippen molar-refractivity contribution in [3.05, 3.63) is 47.4 Å². The molecule has 1 aliphatic heterocycles. The van der Waals surface area contributed by atoms with Crippen LogP contribution in [0.25, 0.3) is 5.82 Å². The maximum Gasteiger partial charge on any atom is 0.141 e. The molecule has 0 amide bonds. The zero-order valence-electron chi connectivity index (χ0n) is 14.0. The first-order valence-corrected chi connectivity index (χ1v) is 8.56. The van der Waals surface area contributed by atoms with Crippen LogP contribution in [0.5, 0.6) is 0 Å². The Bertz CT molecular complexity index is 608. The van der Waals surface area contributed by atoms with E-state index in [1.54, 1.807) is 0 Å². The summed E-state index contributed by atoms with van der Waals surface area (Å²) < 4.78 is 2.30. The SMILES string of the molecule is CCCN1CCCC[C@H]1c1cccnc1-n1c(C)ccc1C. The fourth-order valence-electron chi connectivity index (χ4n) is 3.76. The van der Waals surface area contributed by atoms with Crippen molar-refractivity contribution in [2.45, 2.75) is 52.5 Å². The highest BCUT2D eigenvalue weighted by molar-refractivity contribution is 5.40. The Morgan fingerprint density at radius 1 is 1.14 bits per heavy atom. The molecule has 118 valence electrons. The summed E-state index contributed by atoms with van der Waals surface area (Å²) >= 11 is 0. The van der Waals surface area contributed by atoms with Gasteiger partial charge in [-0.05, 0) is 64.4 Å². The van der Waals surface area contributed by atoms with Gasteiger partial charge in [-0.25, -0.2) is 4.98 Å². The van der Waals surface area contributed by atoms with Crippen LogP contribution >= 0.6 is 0 Å². The third kappa shape index (κ3) is 2.82. The molecule has 3 heterocycles. The summed E-state index contributed by atoms with van der Waals surface area (Å²) in [4.78, 5) is 7.40. The predicted octanol–water partition coefficient (Wildman–Crippen LogP) is 4.43. The maximum atomic E-state index is 4.75. The van der Waals surface area contributed by atoms with Crippen molar-refractivity contribution in [1.29, 1.82) is 0 Å². The van der Waals surface area contributed by atoms with Crippen LogP contribution in [0.1, 0.15) is 55.6 Å². The Hall–Kier alpha value is -1.61. The first-order chi connectivity index (χ1) is 10.7. The zero-order valence-corrected chi connectivity index (χ0v) is 14.0. The van der Waals surface area contributed by atoms with Crippen LogP contribution in [-0.2, 0) is 0 Å². The molecule has 0 saturated carbocycles. The van der Waals surface area contributed by atoms with Crippen molar-refractivity contribution in [2.75, 3.05) is 13.1 Å². The normalized spacial score (nSPS) is 19.5. The molecule has 1 atom stereocenters. The minimum Gasteiger partial charge on any atom is -0.303 e. The second-order valence-electron chi connectivity index (χ2n) is 6.42. The molecule has 0 N–H and O–H groups in total. The van der Waals surface area contributed by atoms with E-state index in [2.05, 4.69) is 54.5 Å². The van der Waals surface area contributed by atoms with Gasteiger partial charge in [0.25, 0.3) is 0 Å². The molecule has 0 aliphatic carbocycles. The maximum absolute atomic E-state index is 4.75. The van der Waals surface area contributed by atoms with Gasteiger partial charge in [-0.3, -0.25) is 4.90 Å². The first kappa shape index (κ1) is 15.3. The highest BCUT2D eigenvalue weighted by atomic mass is 15.2. The average molecular weight is 297 g/mol. The van der Waals surface area contributed by atoms with E-state index in [-0.39, 0.29) is 0 Å². The Balaban J connectivity index is 2.04. The smallest absolute Gasteiger partial charge is 0.141 e. The zero-order chi connectivity index (χ0) is 15.5. The van der Waals surface area contributed by atoms with Gasteiger partial charge in [-0.1, -0.05) is 19.4 Å². The number of piperidine rings is 1. The molecule has 2 aromatic heterocycles. The molecule has 22 heavy (non-hydrogen) atoms. The molecule has 1 fully saturated rings. The van der Waals surface area contributed by atoms with E-state index >= 15 is 0 Å². The molecule has 1 saturated heterocycles. The summed E-state index contributed by atoms with van der Waals surface area (Å²) in [5, 5.41) is 0. The van der Waals surface area contributed by atoms with Crippen molar-refractivity contribution in [3.63, 3.8) is 0 Å². The van der Waals surface area contributed by atoms with Crippen molar-refractivity contribution in [3.8, 4) is 5.82 Å². The quantitative estimate of drug-likeness (QED) is 0.832. The van der Waals surface area contributed by atoms with Crippen molar-refractivity contribution < 1.29 is 0 Å². The number of aryl methyl sites for hydroxylation is 2. The summed E-state index contributed by atoms with van der Waals surface area (Å²) in [5.74, 6) is 1.12. The van der Waals surface area contributed by atoms with Crippen LogP contribution in [0.15, 0.2) is 30.5 Å². The van der Waals surface area contributed by atoms with Gasteiger partial charge < -0.3 is 4.57 Å². The van der Waals surface area contributed by atoms with Crippen LogP contribution in [0.3, 0.4) is 0 Å². The van der Waals surface area contributed by atoms with E-state index in [0.29, 0.717) is 6.04 Å². The van der Waals surface area contributed by atoms with Crippen LogP contribution in [0.4, 0.5) is 0 Å². The number of hydrogen-bond acceptors (Lipinski definition) is 2. The lowest BCUT2D eigenvalue weighted by molar-refractivity contribution is 0.148. The molecule has 0 radical (unpaired) electrons. The van der Waals surface area contributed by atoms with Gasteiger partial charge in [-0.15, -0.1) is 0 Å². The van der Waals surface area contributed by atoms with E-state index in [9.17, 15) is 0 Å². The van der Waals surface area contributed by atoms with E-state index in [1.165, 1.54) is 55.7 Å². The van der Waals surface area contributed by atoms with E-state index in [1.807, 2.05) is 6.20 Å². The van der Waals surface area contributed by atoms with E-state index < -0.39 is 0 Å². The number of likely N-dealkylation sites (tertiary alicyclic amines) is 1. The molecule has 3 rings (SSSR count). The van der Waals surface area contributed by atoms with Gasteiger partial charge in [0.15, 0.2) is 0 Å². The molecule has 0 spiro atoms. The van der Waals surface area contributed by atoms with Gasteiger partial charge in [0.2, 0.25) is 0 Å². The summed E-state index contributed by atoms with van der Waals surface area (Å²) in [6.07, 6.45) is 7.03. The topological polar surface area (TPSA) is 21.1 Å². The summed E-state index contributed by atoms with van der Waals surface area (Å²) in [6, 6.07) is 9.24. The highest BCUT2D eigenvalue weighted by Gasteiger charge is 2.26. The molecule has 0 bridgehead atoms. The van der Waals surface area contributed by atoms with Crippen LogP contribution in [0.2, 0.25) is 0 Å². The van der Waals surface area contributed by atoms with Gasteiger partial charge in [0, 0.05) is 29.2 Å². The van der Waals surface area contributed by atoms with E-state index in [4.69, 9.17) is 4.98 Å². The molecule has 1 aliphatic rings. The third-order valence-corrected chi connectivity index (χ3v) is 4.78. The van der Waals surface area contributed by atoms with Crippen molar-refractivity contribution in [2.24, 2.45) is 0 Å². The first-order valence-electron chi connectivity index (χ1n) is 8.56. The van der Waals surface area contributed by atoms with Crippen molar-refractivity contribution in [1.82, 2.24) is 14.5 Å². The largest absolute Gasteiger partial charge is 0.303 e. The van der Waals surface area contributed by atoms with Gasteiger partial charge in [0.05, 0.1) is 0 Å². The Labute approximate surface area is 134 Å². The van der Waals surface area contributed by atoms with E-state index in [0.717, 1.165) is 5.82 Å². The lowest BCUT2D eigenvalue weighted by Crippen LogP contribution is -2.34. The van der Waals surface area contributed by atoms with Crippen LogP contribution in [-0.4, -0.2) is 27.5 Å². The Morgan fingerprint density at radius 2 is 1.91 bits per heavy atom. The lowest BCUT2D eigenvalue weighted by atomic mass is 9.95. The molecule has 2 aromatic rings. The fraction of sp³-hybridized carbons (Fsp3) is 0.526. The second-order valence-corrected chi connectivity index (χ2v) is 6.42. The van der Waals surface area contributed by atoms with Crippen LogP contribution in [0, 0.1) is 13.8 Å². The van der Waals surface area contributed by atoms with Gasteiger partial charge in [-0.2, -0.15) is 0 Å². The highest BCUT2D eigenvalue weighted by Crippen LogP contribution is 2.34. The number of hydrogen-bond donors (Lipinski definition) is 0. The van der Waals surface area contributed by atoms with Gasteiger partial charge in [0.1, 0.15) is 5.82 Å². The monoisotopic (exact) mass is 297 g/mol. The minimum absolute atomic E-state index is 0.513. The van der Waals surface area contributed by atoms with Gasteiger partial charge >= 0.3 is 0 Å². The summed E-state index contributed by atoms with van der Waals surface area (Å²) in [5.41, 5.74) is 3.91. The standard InChI is InChI=1S/C19H27N3/c1-4-13-21-14-6-5-9-18(21)17-8-7-12-20-19(17)22-15(2)10-11-16(22)3/h7-8,10-12,18H,4-6,9,13-14H2,1-3H3/t18-/m0/s1. The average Bonchev–Trinajstić information content (AvgIpc) is 2.87.